The van der Waals surface area contributed by atoms with Crippen molar-refractivity contribution in [3.63, 3.8) is 0 Å². The molecule has 3 rings (SSSR count). The van der Waals surface area contributed by atoms with Gasteiger partial charge < -0.3 is 4.90 Å². The van der Waals surface area contributed by atoms with Gasteiger partial charge in [-0.1, -0.05) is 56.0 Å². The van der Waals surface area contributed by atoms with E-state index in [1.165, 1.54) is 0 Å². The summed E-state index contributed by atoms with van der Waals surface area (Å²) in [6.45, 7) is 4.61. The van der Waals surface area contributed by atoms with E-state index in [0.29, 0.717) is 6.54 Å². The predicted octanol–water partition coefficient (Wildman–Crippen LogP) is 3.98. The third-order valence-corrected chi connectivity index (χ3v) is 4.17. The smallest absolute Gasteiger partial charge is 0.230 e. The monoisotopic (exact) mass is 289 g/mol. The summed E-state index contributed by atoms with van der Waals surface area (Å²) in [6, 6.07) is 15.9. The number of hydrogen-bond donors (Lipinski definition) is 0. The van der Waals surface area contributed by atoms with Crippen LogP contribution in [0.15, 0.2) is 48.5 Å². The number of amides is 1. The number of carbonyl (C=O) groups is 1. The minimum absolute atomic E-state index is 0.00704. The normalized spacial score (nSPS) is 13.8. The molecule has 1 aliphatic rings. The third kappa shape index (κ3) is 2.63. The number of anilines is 1. The highest BCUT2D eigenvalue weighted by molar-refractivity contribution is 5.96. The van der Waals surface area contributed by atoms with Crippen LogP contribution < -0.4 is 4.90 Å². The molecule has 2 heteroatoms. The molecule has 1 unspecified atom stereocenters. The van der Waals surface area contributed by atoms with E-state index in [0.717, 1.165) is 28.8 Å². The molecule has 22 heavy (non-hydrogen) atoms. The van der Waals surface area contributed by atoms with Crippen LogP contribution in [0.5, 0.6) is 0 Å². The molecule has 0 saturated heterocycles. The molecular weight excluding hydrogens is 270 g/mol. The Labute approximate surface area is 131 Å². The lowest BCUT2D eigenvalue weighted by Gasteiger charge is -2.28. The SMILES string of the molecule is CCC(C)C(=O)N1Cc2ccccc2C#Cc2ccccc21. The van der Waals surface area contributed by atoms with E-state index in [4.69, 9.17) is 0 Å². The molecular formula is C20H19NO. The zero-order valence-electron chi connectivity index (χ0n) is 13.0. The summed E-state index contributed by atoms with van der Waals surface area (Å²) in [5.41, 5.74) is 3.92. The minimum atomic E-state index is 0.00704. The molecule has 0 N–H and O–H groups in total. The zero-order chi connectivity index (χ0) is 15.5. The average molecular weight is 289 g/mol. The molecule has 2 aromatic carbocycles. The van der Waals surface area contributed by atoms with E-state index in [1.807, 2.05) is 61.2 Å². The maximum absolute atomic E-state index is 12.8. The molecule has 1 atom stereocenters. The fraction of sp³-hybridized carbons (Fsp3) is 0.250. The van der Waals surface area contributed by atoms with E-state index < -0.39 is 0 Å². The molecule has 1 heterocycles. The van der Waals surface area contributed by atoms with Gasteiger partial charge in [0.2, 0.25) is 5.91 Å². The van der Waals surface area contributed by atoms with Crippen LogP contribution in [0.3, 0.4) is 0 Å². The Morgan fingerprint density at radius 2 is 1.73 bits per heavy atom. The fourth-order valence-corrected chi connectivity index (χ4v) is 2.62. The van der Waals surface area contributed by atoms with Gasteiger partial charge in [-0.3, -0.25) is 4.79 Å². The van der Waals surface area contributed by atoms with E-state index >= 15 is 0 Å². The summed E-state index contributed by atoms with van der Waals surface area (Å²) < 4.78 is 0. The van der Waals surface area contributed by atoms with Gasteiger partial charge in [0, 0.05) is 17.0 Å². The molecule has 0 bridgehead atoms. The van der Waals surface area contributed by atoms with Crippen molar-refractivity contribution < 1.29 is 4.79 Å². The fourth-order valence-electron chi connectivity index (χ4n) is 2.62. The lowest BCUT2D eigenvalue weighted by molar-refractivity contribution is -0.122. The van der Waals surface area contributed by atoms with Crippen LogP contribution in [-0.2, 0) is 11.3 Å². The van der Waals surface area contributed by atoms with Crippen LogP contribution in [0.2, 0.25) is 0 Å². The summed E-state index contributed by atoms with van der Waals surface area (Å²) in [6.07, 6.45) is 0.838. The zero-order valence-corrected chi connectivity index (χ0v) is 13.0. The Morgan fingerprint density at radius 1 is 1.09 bits per heavy atom. The van der Waals surface area contributed by atoms with Crippen LogP contribution >= 0.6 is 0 Å². The largest absolute Gasteiger partial charge is 0.306 e. The van der Waals surface area contributed by atoms with Crippen LogP contribution in [0, 0.1) is 17.8 Å². The van der Waals surface area contributed by atoms with Gasteiger partial charge in [-0.15, -0.1) is 0 Å². The first kappa shape index (κ1) is 14.4. The van der Waals surface area contributed by atoms with Gasteiger partial charge >= 0.3 is 0 Å². The molecule has 2 nitrogen and oxygen atoms in total. The molecule has 110 valence electrons. The number of hydrogen-bond acceptors (Lipinski definition) is 1. The number of rotatable bonds is 2. The number of para-hydroxylation sites is 1. The Bertz CT molecular complexity index is 767. The van der Waals surface area contributed by atoms with Gasteiger partial charge in [-0.25, -0.2) is 0 Å². The van der Waals surface area contributed by atoms with Crippen LogP contribution in [0.4, 0.5) is 5.69 Å². The lowest BCUT2D eigenvalue weighted by Crippen LogP contribution is -2.35. The van der Waals surface area contributed by atoms with Gasteiger partial charge in [-0.2, -0.15) is 0 Å². The van der Waals surface area contributed by atoms with Gasteiger partial charge in [0.05, 0.1) is 12.2 Å². The van der Waals surface area contributed by atoms with Crippen molar-refractivity contribution >= 4 is 11.6 Å². The first-order chi connectivity index (χ1) is 10.7. The first-order valence-electron chi connectivity index (χ1n) is 7.71. The van der Waals surface area contributed by atoms with Crippen molar-refractivity contribution in [2.45, 2.75) is 26.8 Å². The van der Waals surface area contributed by atoms with Crippen molar-refractivity contribution in [1.29, 1.82) is 0 Å². The van der Waals surface area contributed by atoms with Gasteiger partial charge in [0.15, 0.2) is 0 Å². The number of fused-ring (bicyclic) bond motifs is 2. The number of carbonyl (C=O) groups excluding carboxylic acids is 1. The Kier molecular flexibility index (Phi) is 3.98. The Morgan fingerprint density at radius 3 is 2.50 bits per heavy atom. The average Bonchev–Trinajstić information content (AvgIpc) is 2.55. The topological polar surface area (TPSA) is 20.3 Å². The maximum atomic E-state index is 12.8. The second-order valence-electron chi connectivity index (χ2n) is 5.66. The summed E-state index contributed by atoms with van der Waals surface area (Å²) >= 11 is 0. The van der Waals surface area contributed by atoms with Crippen molar-refractivity contribution in [2.75, 3.05) is 4.90 Å². The predicted molar refractivity (Wildman–Crippen MR) is 89.5 cm³/mol. The minimum Gasteiger partial charge on any atom is -0.306 e. The van der Waals surface area contributed by atoms with E-state index in [2.05, 4.69) is 17.9 Å². The molecule has 1 amide bonds. The van der Waals surface area contributed by atoms with Crippen LogP contribution in [0.25, 0.3) is 0 Å². The molecule has 0 radical (unpaired) electrons. The molecule has 0 saturated carbocycles. The summed E-state index contributed by atoms with van der Waals surface area (Å²) in [5.74, 6) is 6.62. The highest BCUT2D eigenvalue weighted by atomic mass is 16.2. The highest BCUT2D eigenvalue weighted by Gasteiger charge is 2.24. The number of nitrogens with zero attached hydrogens (tertiary/aromatic N) is 1. The third-order valence-electron chi connectivity index (χ3n) is 4.17. The standard InChI is InChI=1S/C20H19NO/c1-3-15(2)20(22)21-14-18-10-5-4-8-16(18)12-13-17-9-6-7-11-19(17)21/h4-11,15H,3,14H2,1-2H3. The molecule has 1 aliphatic heterocycles. The highest BCUT2D eigenvalue weighted by Crippen LogP contribution is 2.27. The van der Waals surface area contributed by atoms with Gasteiger partial charge in [0.25, 0.3) is 0 Å². The van der Waals surface area contributed by atoms with Crippen LogP contribution in [0.1, 0.15) is 37.0 Å². The number of benzene rings is 2. The summed E-state index contributed by atoms with van der Waals surface area (Å²) in [4.78, 5) is 14.7. The Balaban J connectivity index is 2.15. The van der Waals surface area contributed by atoms with Crippen molar-refractivity contribution in [3.05, 3.63) is 65.2 Å². The Hall–Kier alpha value is -2.53. The molecule has 0 spiro atoms. The molecule has 0 fully saturated rings. The van der Waals surface area contributed by atoms with Crippen molar-refractivity contribution in [1.82, 2.24) is 0 Å². The molecule has 2 aromatic rings. The maximum Gasteiger partial charge on any atom is 0.230 e. The molecule has 0 aromatic heterocycles. The summed E-state index contributed by atoms with van der Waals surface area (Å²) in [7, 11) is 0. The van der Waals surface area contributed by atoms with E-state index in [-0.39, 0.29) is 11.8 Å². The van der Waals surface area contributed by atoms with E-state index in [1.54, 1.807) is 0 Å². The van der Waals surface area contributed by atoms with Crippen molar-refractivity contribution in [3.8, 4) is 11.8 Å². The van der Waals surface area contributed by atoms with Crippen LogP contribution in [-0.4, -0.2) is 5.91 Å². The second kappa shape index (κ2) is 6.07. The van der Waals surface area contributed by atoms with Crippen molar-refractivity contribution in [2.24, 2.45) is 5.92 Å². The lowest BCUT2D eigenvalue weighted by atomic mass is 10.0. The summed E-state index contributed by atoms with van der Waals surface area (Å²) in [5, 5.41) is 0. The van der Waals surface area contributed by atoms with E-state index in [9.17, 15) is 4.79 Å². The quantitative estimate of drug-likeness (QED) is 0.766. The molecule has 0 aliphatic carbocycles. The first-order valence-corrected chi connectivity index (χ1v) is 7.71. The van der Waals surface area contributed by atoms with Gasteiger partial charge in [-0.05, 0) is 30.2 Å². The van der Waals surface area contributed by atoms with Gasteiger partial charge in [0.1, 0.15) is 0 Å². The second-order valence-corrected chi connectivity index (χ2v) is 5.66.